The summed E-state index contributed by atoms with van der Waals surface area (Å²) in [6, 6.07) is 4.37. The number of benzene rings is 1. The van der Waals surface area contributed by atoms with Crippen LogP contribution < -0.4 is 4.72 Å². The van der Waals surface area contributed by atoms with Gasteiger partial charge in [-0.15, -0.1) is 0 Å². The van der Waals surface area contributed by atoms with Crippen LogP contribution in [-0.2, 0) is 14.8 Å². The molecule has 2 N–H and O–H groups in total. The van der Waals surface area contributed by atoms with E-state index < -0.39 is 22.0 Å². The normalized spacial score (nSPS) is 12.7. The average molecular weight is 342 g/mol. The summed E-state index contributed by atoms with van der Waals surface area (Å²) in [5, 5.41) is 9.07. The molecule has 1 aromatic carbocycles. The highest BCUT2D eigenvalue weighted by atomic mass is 32.2. The van der Waals surface area contributed by atoms with Gasteiger partial charge in [-0.3, -0.25) is 9.59 Å². The molecule has 0 aliphatic carbocycles. The Hall–Kier alpha value is -1.93. The number of aliphatic carboxylic acids is 1. The lowest BCUT2D eigenvalue weighted by Crippen LogP contribution is -2.40. The number of sulfonamides is 1. The predicted molar refractivity (Wildman–Crippen MR) is 85.7 cm³/mol. The predicted octanol–water partition coefficient (Wildman–Crippen LogP) is 1.31. The van der Waals surface area contributed by atoms with Gasteiger partial charge in [0.25, 0.3) is 5.91 Å². The molecule has 0 aliphatic heterocycles. The smallest absolute Gasteiger partial charge is 0.321 e. The first kappa shape index (κ1) is 19.1. The van der Waals surface area contributed by atoms with E-state index in [0.717, 1.165) is 0 Å². The number of amides is 1. The van der Waals surface area contributed by atoms with Crippen LogP contribution in [0.15, 0.2) is 29.2 Å². The molecule has 23 heavy (non-hydrogen) atoms. The van der Waals surface area contributed by atoms with E-state index in [0.29, 0.717) is 13.0 Å². The molecule has 1 amide bonds. The van der Waals surface area contributed by atoms with Gasteiger partial charge in [0.1, 0.15) is 6.04 Å². The molecule has 0 saturated carbocycles. The fraction of sp³-hybridized carbons (Fsp3) is 0.467. The molecule has 0 saturated heterocycles. The summed E-state index contributed by atoms with van der Waals surface area (Å²) in [4.78, 5) is 24.5. The Kier molecular flexibility index (Phi) is 6.71. The second-order valence-corrected chi connectivity index (χ2v) is 6.86. The molecule has 0 aromatic heterocycles. The Morgan fingerprint density at radius 2 is 1.96 bits per heavy atom. The zero-order chi connectivity index (χ0) is 17.6. The van der Waals surface area contributed by atoms with Crippen molar-refractivity contribution in [3.8, 4) is 0 Å². The van der Waals surface area contributed by atoms with Crippen molar-refractivity contribution >= 4 is 21.9 Å². The van der Waals surface area contributed by atoms with Gasteiger partial charge in [-0.2, -0.15) is 4.72 Å². The first-order chi connectivity index (χ1) is 10.7. The van der Waals surface area contributed by atoms with Gasteiger partial charge in [-0.1, -0.05) is 19.4 Å². The second-order valence-electron chi connectivity index (χ2n) is 5.15. The molecule has 1 unspecified atom stereocenters. The van der Waals surface area contributed by atoms with Crippen LogP contribution in [0.4, 0.5) is 0 Å². The minimum atomic E-state index is -4.02. The third-order valence-electron chi connectivity index (χ3n) is 3.39. The van der Waals surface area contributed by atoms with Gasteiger partial charge >= 0.3 is 5.97 Å². The van der Waals surface area contributed by atoms with Crippen LogP contribution in [-0.4, -0.2) is 49.9 Å². The van der Waals surface area contributed by atoms with E-state index in [1.807, 2.05) is 6.92 Å². The fourth-order valence-electron chi connectivity index (χ4n) is 1.94. The number of hydrogen-bond acceptors (Lipinski definition) is 4. The van der Waals surface area contributed by atoms with E-state index >= 15 is 0 Å². The Morgan fingerprint density at radius 3 is 2.48 bits per heavy atom. The number of carboxylic acid groups (broad SMARTS) is 1. The van der Waals surface area contributed by atoms with Crippen LogP contribution in [0.25, 0.3) is 0 Å². The van der Waals surface area contributed by atoms with Crippen LogP contribution >= 0.6 is 0 Å². The Balaban J connectivity index is 3.09. The molecular formula is C15H22N2O5S. The van der Waals surface area contributed by atoms with Gasteiger partial charge in [0.15, 0.2) is 0 Å². The van der Waals surface area contributed by atoms with Crippen LogP contribution in [0.1, 0.15) is 37.0 Å². The molecule has 0 aliphatic rings. The summed E-state index contributed by atoms with van der Waals surface area (Å²) >= 11 is 0. The number of hydrogen-bond donors (Lipinski definition) is 2. The molecule has 8 heteroatoms. The molecule has 0 heterocycles. The Bertz CT molecular complexity index is 672. The Labute approximate surface area is 136 Å². The monoisotopic (exact) mass is 342 g/mol. The summed E-state index contributed by atoms with van der Waals surface area (Å²) < 4.78 is 26.8. The molecule has 1 rings (SSSR count). The van der Waals surface area contributed by atoms with Gasteiger partial charge < -0.3 is 10.0 Å². The molecule has 0 bridgehead atoms. The van der Waals surface area contributed by atoms with Crippen molar-refractivity contribution in [1.82, 2.24) is 9.62 Å². The van der Waals surface area contributed by atoms with E-state index in [2.05, 4.69) is 4.72 Å². The minimum absolute atomic E-state index is 0.129. The largest absolute Gasteiger partial charge is 0.480 e. The van der Waals surface area contributed by atoms with E-state index in [4.69, 9.17) is 5.11 Å². The van der Waals surface area contributed by atoms with Crippen molar-refractivity contribution in [3.63, 3.8) is 0 Å². The van der Waals surface area contributed by atoms with E-state index in [1.165, 1.54) is 29.2 Å². The number of nitrogens with one attached hydrogen (secondary N) is 1. The van der Waals surface area contributed by atoms with Gasteiger partial charge in [0, 0.05) is 19.2 Å². The summed E-state index contributed by atoms with van der Waals surface area (Å²) in [7, 11) is -2.40. The van der Waals surface area contributed by atoms with Crippen LogP contribution in [0.2, 0.25) is 0 Å². The lowest BCUT2D eigenvalue weighted by Gasteiger charge is -2.16. The first-order valence-electron chi connectivity index (χ1n) is 7.33. The van der Waals surface area contributed by atoms with Crippen molar-refractivity contribution in [1.29, 1.82) is 0 Å². The van der Waals surface area contributed by atoms with Crippen molar-refractivity contribution in [2.45, 2.75) is 37.6 Å². The number of carboxylic acids is 1. The van der Waals surface area contributed by atoms with Gasteiger partial charge in [-0.25, -0.2) is 8.42 Å². The van der Waals surface area contributed by atoms with Gasteiger partial charge in [0.05, 0.1) is 4.90 Å². The highest BCUT2D eigenvalue weighted by Gasteiger charge is 2.25. The summed E-state index contributed by atoms with van der Waals surface area (Å²) in [5.74, 6) is -1.53. The molecule has 1 atom stereocenters. The third-order valence-corrected chi connectivity index (χ3v) is 4.85. The summed E-state index contributed by atoms with van der Waals surface area (Å²) in [6.07, 6.45) is 0.713. The van der Waals surface area contributed by atoms with Gasteiger partial charge in [0.2, 0.25) is 10.0 Å². The average Bonchev–Trinajstić information content (AvgIpc) is 2.52. The second kappa shape index (κ2) is 8.07. The molecule has 0 fully saturated rings. The molecular weight excluding hydrogens is 320 g/mol. The molecule has 128 valence electrons. The molecule has 7 nitrogen and oxygen atoms in total. The first-order valence-corrected chi connectivity index (χ1v) is 8.81. The van der Waals surface area contributed by atoms with E-state index in [-0.39, 0.29) is 22.8 Å². The van der Waals surface area contributed by atoms with Gasteiger partial charge in [-0.05, 0) is 31.5 Å². The highest BCUT2D eigenvalue weighted by molar-refractivity contribution is 7.89. The molecule has 0 spiro atoms. The van der Waals surface area contributed by atoms with Crippen LogP contribution in [0, 0.1) is 0 Å². The topological polar surface area (TPSA) is 104 Å². The zero-order valence-corrected chi connectivity index (χ0v) is 14.3. The quantitative estimate of drug-likeness (QED) is 0.741. The van der Waals surface area contributed by atoms with Crippen molar-refractivity contribution < 1.29 is 23.1 Å². The summed E-state index contributed by atoms with van der Waals surface area (Å²) in [5.41, 5.74) is 0.236. The number of nitrogens with zero attached hydrogens (tertiary/aromatic N) is 1. The third kappa shape index (κ3) is 5.04. The van der Waals surface area contributed by atoms with Crippen LogP contribution in [0.3, 0.4) is 0 Å². The van der Waals surface area contributed by atoms with Crippen molar-refractivity contribution in [2.75, 3.05) is 13.6 Å². The lowest BCUT2D eigenvalue weighted by molar-refractivity contribution is -0.139. The van der Waals surface area contributed by atoms with E-state index in [1.54, 1.807) is 14.0 Å². The minimum Gasteiger partial charge on any atom is -0.480 e. The van der Waals surface area contributed by atoms with Crippen molar-refractivity contribution in [3.05, 3.63) is 29.8 Å². The lowest BCUT2D eigenvalue weighted by atomic mass is 10.2. The summed E-state index contributed by atoms with van der Waals surface area (Å²) in [6.45, 7) is 4.07. The molecule has 1 aromatic rings. The van der Waals surface area contributed by atoms with E-state index in [9.17, 15) is 18.0 Å². The SMILES string of the molecule is CCCC(NS(=O)(=O)c1cccc(C(=O)N(C)CC)c1)C(=O)O. The highest BCUT2D eigenvalue weighted by Crippen LogP contribution is 2.14. The van der Waals surface area contributed by atoms with Crippen LogP contribution in [0.5, 0.6) is 0 Å². The maximum Gasteiger partial charge on any atom is 0.321 e. The molecule has 0 radical (unpaired) electrons. The standard InChI is InChI=1S/C15H22N2O5S/c1-4-7-13(15(19)20)16-23(21,22)12-9-6-8-11(10-12)14(18)17(3)5-2/h6,8-10,13,16H,4-5,7H2,1-3H3,(H,19,20). The fourth-order valence-corrected chi connectivity index (χ4v) is 3.21. The Morgan fingerprint density at radius 1 is 1.30 bits per heavy atom. The number of carbonyl (C=O) groups is 2. The zero-order valence-electron chi connectivity index (χ0n) is 13.4. The number of rotatable bonds is 8. The van der Waals surface area contributed by atoms with Crippen molar-refractivity contribution in [2.24, 2.45) is 0 Å². The maximum atomic E-state index is 12.3. The maximum absolute atomic E-state index is 12.3. The number of carbonyl (C=O) groups excluding carboxylic acids is 1.